The van der Waals surface area contributed by atoms with Gasteiger partial charge in [-0.15, -0.1) is 13.2 Å². The van der Waals surface area contributed by atoms with Crippen LogP contribution in [0.15, 0.2) is 0 Å². The minimum absolute atomic E-state index is 0. The smallest absolute Gasteiger partial charge is 0.855 e. The van der Waals surface area contributed by atoms with Gasteiger partial charge < -0.3 is 10.2 Å². The van der Waals surface area contributed by atoms with Crippen LogP contribution in [0.3, 0.4) is 0 Å². The molecule has 0 aromatic carbocycles. The summed E-state index contributed by atoms with van der Waals surface area (Å²) in [5.41, 5.74) is 0. The standard InChI is InChI=1S/2C2H5O.Mn/c2*1-2-3;/h2*2H2,1H3;/q2*-1;+2. The van der Waals surface area contributed by atoms with Crippen molar-refractivity contribution in [2.45, 2.75) is 13.8 Å². The normalized spacial score (nSPS) is 5.14. The second-order valence-electron chi connectivity index (χ2n) is 0.577. The van der Waals surface area contributed by atoms with Crippen LogP contribution in [0.1, 0.15) is 13.8 Å². The van der Waals surface area contributed by atoms with Gasteiger partial charge in [0.05, 0.1) is 0 Å². The van der Waals surface area contributed by atoms with Gasteiger partial charge in [-0.2, -0.15) is 0 Å². The first-order valence-electron chi connectivity index (χ1n) is 1.99. The van der Waals surface area contributed by atoms with Crippen LogP contribution < -0.4 is 10.2 Å². The first kappa shape index (κ1) is 15.7. The summed E-state index contributed by atoms with van der Waals surface area (Å²) >= 11 is 0. The molecule has 0 aromatic heterocycles. The molecule has 0 spiro atoms. The van der Waals surface area contributed by atoms with Crippen LogP contribution in [-0.4, -0.2) is 13.2 Å². The fraction of sp³-hybridized carbons (Fsp3) is 1.00. The molecule has 0 unspecified atom stereocenters. The largest absolute Gasteiger partial charge is 2.00 e. The zero-order chi connectivity index (χ0) is 5.41. The predicted molar refractivity (Wildman–Crippen MR) is 21.1 cm³/mol. The van der Waals surface area contributed by atoms with Gasteiger partial charge in [0.15, 0.2) is 0 Å². The SMILES string of the molecule is CC[O-].CC[O-].[Mn+2]. The van der Waals surface area contributed by atoms with E-state index in [4.69, 9.17) is 10.2 Å². The molecule has 0 N–H and O–H groups in total. The molecule has 0 aliphatic carbocycles. The molecule has 7 heavy (non-hydrogen) atoms. The summed E-state index contributed by atoms with van der Waals surface area (Å²) in [6.45, 7) is 3.14. The average Bonchev–Trinajstić information content (AvgIpc) is 1.39. The zero-order valence-electron chi connectivity index (χ0n) is 4.61. The van der Waals surface area contributed by atoms with Crippen molar-refractivity contribution >= 4 is 0 Å². The van der Waals surface area contributed by atoms with Gasteiger partial charge in [0.25, 0.3) is 0 Å². The molecule has 0 rings (SSSR count). The summed E-state index contributed by atoms with van der Waals surface area (Å²) < 4.78 is 0. The molecular formula is C4H10MnO2. The summed E-state index contributed by atoms with van der Waals surface area (Å²) in [5, 5.41) is 17.9. The molecule has 0 fully saturated rings. The van der Waals surface area contributed by atoms with Crippen molar-refractivity contribution in [2.75, 3.05) is 13.2 Å². The van der Waals surface area contributed by atoms with Gasteiger partial charge >= 0.3 is 17.1 Å². The molecule has 0 aliphatic rings. The Bertz CT molecular complexity index is 11.7. The van der Waals surface area contributed by atoms with E-state index in [2.05, 4.69) is 0 Å². The van der Waals surface area contributed by atoms with Crippen LogP contribution in [0, 0.1) is 0 Å². The molecular weight excluding hydrogens is 135 g/mol. The number of hydrogen-bond acceptors (Lipinski definition) is 2. The molecule has 2 nitrogen and oxygen atoms in total. The molecule has 0 atom stereocenters. The van der Waals surface area contributed by atoms with Crippen LogP contribution in [0.4, 0.5) is 0 Å². The summed E-state index contributed by atoms with van der Waals surface area (Å²) in [7, 11) is 0. The predicted octanol–water partition coefficient (Wildman–Crippen LogP) is -1.27. The fourth-order valence-corrected chi connectivity index (χ4v) is 0. The van der Waals surface area contributed by atoms with E-state index in [0.29, 0.717) is 0 Å². The third kappa shape index (κ3) is 657. The van der Waals surface area contributed by atoms with Crippen molar-refractivity contribution in [1.29, 1.82) is 0 Å². The molecule has 0 aromatic rings. The van der Waals surface area contributed by atoms with Crippen molar-refractivity contribution in [3.63, 3.8) is 0 Å². The second-order valence-corrected chi connectivity index (χ2v) is 0.577. The molecule has 0 saturated heterocycles. The van der Waals surface area contributed by atoms with Gasteiger partial charge in [-0.25, -0.2) is 0 Å². The molecule has 0 aliphatic heterocycles. The van der Waals surface area contributed by atoms with E-state index in [1.54, 1.807) is 13.8 Å². The van der Waals surface area contributed by atoms with E-state index in [1.807, 2.05) is 0 Å². The van der Waals surface area contributed by atoms with E-state index in [9.17, 15) is 0 Å². The van der Waals surface area contributed by atoms with Crippen molar-refractivity contribution < 1.29 is 27.3 Å². The van der Waals surface area contributed by atoms with Crippen LogP contribution in [0.2, 0.25) is 0 Å². The van der Waals surface area contributed by atoms with Crippen molar-refractivity contribution in [1.82, 2.24) is 0 Å². The fourth-order valence-electron chi connectivity index (χ4n) is 0. The molecule has 0 amide bonds. The molecule has 0 saturated carbocycles. The maximum atomic E-state index is 8.93. The molecule has 0 heterocycles. The van der Waals surface area contributed by atoms with Crippen LogP contribution in [0.5, 0.6) is 0 Å². The Morgan fingerprint density at radius 1 is 1.00 bits per heavy atom. The minimum Gasteiger partial charge on any atom is -0.855 e. The van der Waals surface area contributed by atoms with E-state index in [-0.39, 0.29) is 30.3 Å². The van der Waals surface area contributed by atoms with Crippen molar-refractivity contribution in [3.05, 3.63) is 0 Å². The summed E-state index contributed by atoms with van der Waals surface area (Å²) in [4.78, 5) is 0. The Morgan fingerprint density at radius 3 is 1.00 bits per heavy atom. The monoisotopic (exact) mass is 145 g/mol. The summed E-state index contributed by atoms with van der Waals surface area (Å²) in [5.74, 6) is 0. The van der Waals surface area contributed by atoms with Gasteiger partial charge in [-0.1, -0.05) is 13.8 Å². The molecule has 1 radical (unpaired) electrons. The average molecular weight is 145 g/mol. The topological polar surface area (TPSA) is 46.1 Å². The third-order valence-corrected chi connectivity index (χ3v) is 0. The van der Waals surface area contributed by atoms with Gasteiger partial charge in [0, 0.05) is 0 Å². The molecule has 3 heteroatoms. The van der Waals surface area contributed by atoms with E-state index >= 15 is 0 Å². The third-order valence-electron chi connectivity index (χ3n) is 0. The van der Waals surface area contributed by atoms with E-state index in [0.717, 1.165) is 0 Å². The Morgan fingerprint density at radius 2 is 1.00 bits per heavy atom. The van der Waals surface area contributed by atoms with Crippen LogP contribution in [0.25, 0.3) is 0 Å². The van der Waals surface area contributed by atoms with Gasteiger partial charge in [-0.3, -0.25) is 0 Å². The number of hydrogen-bond donors (Lipinski definition) is 0. The Kier molecular flexibility index (Phi) is 71.6. The quantitative estimate of drug-likeness (QED) is 0.399. The Hall–Kier alpha value is 0.439. The Balaban J connectivity index is -0.0000000400. The number of rotatable bonds is 0. The molecule has 45 valence electrons. The van der Waals surface area contributed by atoms with Gasteiger partial charge in [0.1, 0.15) is 0 Å². The maximum Gasteiger partial charge on any atom is 2.00 e. The van der Waals surface area contributed by atoms with Crippen molar-refractivity contribution in [3.8, 4) is 0 Å². The first-order valence-corrected chi connectivity index (χ1v) is 1.99. The second kappa shape index (κ2) is 32.0. The maximum absolute atomic E-state index is 8.93. The summed E-state index contributed by atoms with van der Waals surface area (Å²) in [6, 6.07) is 0. The van der Waals surface area contributed by atoms with Crippen LogP contribution >= 0.6 is 0 Å². The summed E-state index contributed by atoms with van der Waals surface area (Å²) in [6.07, 6.45) is 0. The van der Waals surface area contributed by atoms with Crippen molar-refractivity contribution in [2.24, 2.45) is 0 Å². The van der Waals surface area contributed by atoms with Crippen LogP contribution in [-0.2, 0) is 17.1 Å². The van der Waals surface area contributed by atoms with Gasteiger partial charge in [-0.05, 0) is 0 Å². The minimum atomic E-state index is 0. The first-order chi connectivity index (χ1) is 2.83. The Labute approximate surface area is 55.0 Å². The van der Waals surface area contributed by atoms with E-state index in [1.165, 1.54) is 0 Å². The zero-order valence-corrected chi connectivity index (χ0v) is 5.79. The van der Waals surface area contributed by atoms with E-state index < -0.39 is 0 Å². The molecule has 0 bridgehead atoms. The van der Waals surface area contributed by atoms with Gasteiger partial charge in [0.2, 0.25) is 0 Å².